The van der Waals surface area contributed by atoms with Crippen molar-refractivity contribution in [2.45, 2.75) is 24.7 Å². The fourth-order valence-electron chi connectivity index (χ4n) is 2.78. The number of aliphatic hydroxyl groups is 1. The van der Waals surface area contributed by atoms with E-state index in [2.05, 4.69) is 0 Å². The van der Waals surface area contributed by atoms with Gasteiger partial charge in [-0.1, -0.05) is 30.3 Å². The smallest absolute Gasteiger partial charge is 0.158 e. The summed E-state index contributed by atoms with van der Waals surface area (Å²) in [5.74, 6) is -0.119. The lowest BCUT2D eigenvalue weighted by molar-refractivity contribution is -0.121. The van der Waals surface area contributed by atoms with Crippen molar-refractivity contribution in [1.82, 2.24) is 0 Å². The first-order valence-corrected chi connectivity index (χ1v) is 6.86. The van der Waals surface area contributed by atoms with E-state index in [0.717, 1.165) is 5.56 Å². The number of allylic oxidation sites excluding steroid dienone is 1. The molecule has 1 aliphatic carbocycles. The van der Waals surface area contributed by atoms with Crippen molar-refractivity contribution in [1.29, 1.82) is 0 Å². The molecular formula is C16H18O4. The summed E-state index contributed by atoms with van der Waals surface area (Å²) in [6, 6.07) is 9.90. The predicted octanol–water partition coefficient (Wildman–Crippen LogP) is 1.48. The van der Waals surface area contributed by atoms with Crippen molar-refractivity contribution >= 4 is 5.78 Å². The van der Waals surface area contributed by atoms with Crippen LogP contribution in [0, 0.1) is 5.92 Å². The second-order valence-corrected chi connectivity index (χ2v) is 5.41. The lowest BCUT2D eigenvalue weighted by Gasteiger charge is -2.32. The number of ether oxygens (including phenoxy) is 2. The molecule has 0 spiro atoms. The van der Waals surface area contributed by atoms with E-state index >= 15 is 0 Å². The maximum Gasteiger partial charge on any atom is 0.158 e. The van der Waals surface area contributed by atoms with E-state index in [0.29, 0.717) is 19.8 Å². The molecule has 1 aromatic rings. The highest BCUT2D eigenvalue weighted by molar-refractivity contribution is 5.91. The highest BCUT2D eigenvalue weighted by atomic mass is 16.5. The highest BCUT2D eigenvalue weighted by Crippen LogP contribution is 2.37. The second-order valence-electron chi connectivity index (χ2n) is 5.41. The molecule has 4 heteroatoms. The maximum atomic E-state index is 11.3. The van der Waals surface area contributed by atoms with E-state index in [1.54, 1.807) is 6.08 Å². The molecule has 106 valence electrons. The number of carbonyl (C=O) groups is 1. The predicted molar refractivity (Wildman–Crippen MR) is 73.0 cm³/mol. The van der Waals surface area contributed by atoms with Gasteiger partial charge < -0.3 is 14.6 Å². The fourth-order valence-corrected chi connectivity index (χ4v) is 2.78. The Labute approximate surface area is 118 Å². The van der Waals surface area contributed by atoms with Crippen LogP contribution in [0.3, 0.4) is 0 Å². The summed E-state index contributed by atoms with van der Waals surface area (Å²) in [6.07, 6.45) is 2.86. The Hall–Kier alpha value is -1.49. The van der Waals surface area contributed by atoms with Crippen LogP contribution >= 0.6 is 0 Å². The molecule has 0 radical (unpaired) electrons. The molecular weight excluding hydrogens is 256 g/mol. The molecule has 1 fully saturated rings. The molecule has 0 amide bonds. The van der Waals surface area contributed by atoms with Crippen LogP contribution in [0.5, 0.6) is 0 Å². The summed E-state index contributed by atoms with van der Waals surface area (Å²) in [5.41, 5.74) is 0.0363. The molecule has 0 saturated carbocycles. The third-order valence-electron chi connectivity index (χ3n) is 4.02. The van der Waals surface area contributed by atoms with Crippen LogP contribution in [0.15, 0.2) is 42.5 Å². The standard InChI is InChI=1S/C16H18O4/c17-14-6-7-16(18)13(11-20-15(16)8-14)10-19-9-12-4-2-1-3-5-12/h1-7,13,15,18H,8-11H2/t13-,15-,16+/m0/s1. The lowest BCUT2D eigenvalue weighted by atomic mass is 9.80. The summed E-state index contributed by atoms with van der Waals surface area (Å²) < 4.78 is 11.2. The molecule has 1 aromatic carbocycles. The van der Waals surface area contributed by atoms with Gasteiger partial charge in [-0.05, 0) is 17.7 Å². The maximum absolute atomic E-state index is 11.3. The Morgan fingerprint density at radius 2 is 2.15 bits per heavy atom. The SMILES string of the molecule is O=C1C=C[C@@]2(O)[C@@H](COCc3ccccc3)CO[C@H]2C1. The number of carbonyl (C=O) groups excluding carboxylic acids is 1. The Morgan fingerprint density at radius 3 is 2.95 bits per heavy atom. The first kappa shape index (κ1) is 13.5. The number of fused-ring (bicyclic) bond motifs is 1. The fraction of sp³-hybridized carbons (Fsp3) is 0.438. The van der Waals surface area contributed by atoms with Gasteiger partial charge >= 0.3 is 0 Å². The van der Waals surface area contributed by atoms with Gasteiger partial charge in [0.05, 0.1) is 25.9 Å². The third kappa shape index (κ3) is 2.54. The van der Waals surface area contributed by atoms with E-state index in [4.69, 9.17) is 9.47 Å². The van der Waals surface area contributed by atoms with Gasteiger partial charge in [0.2, 0.25) is 0 Å². The van der Waals surface area contributed by atoms with Crippen molar-refractivity contribution in [3.8, 4) is 0 Å². The van der Waals surface area contributed by atoms with Crippen LogP contribution in [0.1, 0.15) is 12.0 Å². The van der Waals surface area contributed by atoms with Gasteiger partial charge in [0.15, 0.2) is 5.78 Å². The normalized spacial score (nSPS) is 32.4. The van der Waals surface area contributed by atoms with Gasteiger partial charge in [-0.15, -0.1) is 0 Å². The summed E-state index contributed by atoms with van der Waals surface area (Å²) in [4.78, 5) is 11.3. The highest BCUT2D eigenvalue weighted by Gasteiger charge is 2.50. The van der Waals surface area contributed by atoms with Crippen molar-refractivity contribution < 1.29 is 19.4 Å². The summed E-state index contributed by atoms with van der Waals surface area (Å²) in [7, 11) is 0. The average Bonchev–Trinajstić information content (AvgIpc) is 2.77. The number of hydrogen-bond donors (Lipinski definition) is 1. The van der Waals surface area contributed by atoms with Gasteiger partial charge in [-0.25, -0.2) is 0 Å². The zero-order valence-corrected chi connectivity index (χ0v) is 11.2. The van der Waals surface area contributed by atoms with Gasteiger partial charge in [0.25, 0.3) is 0 Å². The topological polar surface area (TPSA) is 55.8 Å². The van der Waals surface area contributed by atoms with Crippen LogP contribution in [0.2, 0.25) is 0 Å². The summed E-state index contributed by atoms with van der Waals surface area (Å²) >= 11 is 0. The number of hydrogen-bond acceptors (Lipinski definition) is 4. The Kier molecular flexibility index (Phi) is 3.70. The molecule has 0 unspecified atom stereocenters. The van der Waals surface area contributed by atoms with Crippen molar-refractivity contribution in [3.63, 3.8) is 0 Å². The molecule has 1 N–H and O–H groups in total. The van der Waals surface area contributed by atoms with E-state index in [9.17, 15) is 9.90 Å². The molecule has 20 heavy (non-hydrogen) atoms. The van der Waals surface area contributed by atoms with Crippen molar-refractivity contribution in [3.05, 3.63) is 48.0 Å². The van der Waals surface area contributed by atoms with E-state index in [1.807, 2.05) is 30.3 Å². The molecule has 4 nitrogen and oxygen atoms in total. The van der Waals surface area contributed by atoms with Crippen LogP contribution in [0.25, 0.3) is 0 Å². The van der Waals surface area contributed by atoms with Crippen molar-refractivity contribution in [2.75, 3.05) is 13.2 Å². The third-order valence-corrected chi connectivity index (χ3v) is 4.02. The van der Waals surface area contributed by atoms with Gasteiger partial charge in [-0.3, -0.25) is 4.79 Å². The van der Waals surface area contributed by atoms with E-state index in [-0.39, 0.29) is 18.1 Å². The van der Waals surface area contributed by atoms with Crippen LogP contribution in [0.4, 0.5) is 0 Å². The number of ketones is 1. The molecule has 3 atom stereocenters. The zero-order valence-electron chi connectivity index (χ0n) is 11.2. The quantitative estimate of drug-likeness (QED) is 0.903. The van der Waals surface area contributed by atoms with Gasteiger partial charge in [0, 0.05) is 12.3 Å². The van der Waals surface area contributed by atoms with Crippen LogP contribution in [-0.2, 0) is 20.9 Å². The Balaban J connectivity index is 1.58. The molecule has 1 heterocycles. The minimum Gasteiger partial charge on any atom is -0.383 e. The van der Waals surface area contributed by atoms with Crippen LogP contribution < -0.4 is 0 Å². The molecule has 2 aliphatic rings. The van der Waals surface area contributed by atoms with Gasteiger partial charge in [-0.2, -0.15) is 0 Å². The summed E-state index contributed by atoms with van der Waals surface area (Å²) in [6.45, 7) is 1.36. The van der Waals surface area contributed by atoms with Crippen molar-refractivity contribution in [2.24, 2.45) is 5.92 Å². The Bertz CT molecular complexity index is 510. The molecule has 3 rings (SSSR count). The van der Waals surface area contributed by atoms with Gasteiger partial charge in [0.1, 0.15) is 5.60 Å². The minimum absolute atomic E-state index is 0.00512. The Morgan fingerprint density at radius 1 is 1.35 bits per heavy atom. The zero-order chi connectivity index (χ0) is 14.0. The molecule has 1 aliphatic heterocycles. The first-order chi connectivity index (χ1) is 9.68. The lowest BCUT2D eigenvalue weighted by Crippen LogP contribution is -2.46. The first-order valence-electron chi connectivity index (χ1n) is 6.86. The summed E-state index contributed by atoms with van der Waals surface area (Å²) in [5, 5.41) is 10.6. The van der Waals surface area contributed by atoms with Crippen LogP contribution in [-0.4, -0.2) is 35.8 Å². The number of rotatable bonds is 4. The largest absolute Gasteiger partial charge is 0.383 e. The minimum atomic E-state index is -1.06. The monoisotopic (exact) mass is 274 g/mol. The molecule has 0 bridgehead atoms. The number of benzene rings is 1. The molecule has 0 aromatic heterocycles. The van der Waals surface area contributed by atoms with E-state index < -0.39 is 11.7 Å². The van der Waals surface area contributed by atoms with E-state index in [1.165, 1.54) is 6.08 Å². The molecule has 1 saturated heterocycles. The second kappa shape index (κ2) is 5.48. The average molecular weight is 274 g/mol.